The Hall–Kier alpha value is -3.40. The smallest absolute Gasteiger partial charge is 0.274 e. The number of halogens is 1. The molecule has 4 rings (SSSR count). The van der Waals surface area contributed by atoms with E-state index < -0.39 is 5.91 Å². The lowest BCUT2D eigenvalue weighted by Crippen LogP contribution is -2.25. The Morgan fingerprint density at radius 3 is 2.64 bits per heavy atom. The molecule has 0 bridgehead atoms. The number of anilines is 4. The lowest BCUT2D eigenvalue weighted by molar-refractivity contribution is 0.0706. The molecular formula is C23H25ClN6O3. The number of rotatable bonds is 9. The molecule has 0 saturated carbocycles. The highest BCUT2D eigenvalue weighted by Crippen LogP contribution is 2.26. The topological polar surface area (TPSA) is 112 Å². The van der Waals surface area contributed by atoms with Gasteiger partial charge in [-0.15, -0.1) is 0 Å². The highest BCUT2D eigenvalue weighted by atomic mass is 35.5. The summed E-state index contributed by atoms with van der Waals surface area (Å²) < 4.78 is 5.84. The van der Waals surface area contributed by atoms with Crippen LogP contribution in [0.3, 0.4) is 0 Å². The summed E-state index contributed by atoms with van der Waals surface area (Å²) in [7, 11) is 0. The third-order valence-corrected chi connectivity index (χ3v) is 5.50. The number of aromatic nitrogens is 2. The van der Waals surface area contributed by atoms with Crippen molar-refractivity contribution in [2.24, 2.45) is 0 Å². The van der Waals surface area contributed by atoms with Crippen LogP contribution in [0.1, 0.15) is 23.2 Å². The molecule has 172 valence electrons. The van der Waals surface area contributed by atoms with E-state index in [9.17, 15) is 4.79 Å². The van der Waals surface area contributed by atoms with E-state index in [1.807, 2.05) is 24.3 Å². The average Bonchev–Trinajstić information content (AvgIpc) is 3.35. The summed E-state index contributed by atoms with van der Waals surface area (Å²) in [6.07, 6.45) is 4.04. The normalized spacial score (nSPS) is 13.5. The van der Waals surface area contributed by atoms with Gasteiger partial charge in [-0.05, 0) is 68.4 Å². The van der Waals surface area contributed by atoms with Gasteiger partial charge in [0.25, 0.3) is 5.91 Å². The van der Waals surface area contributed by atoms with E-state index in [1.54, 1.807) is 29.7 Å². The SMILES string of the molecule is O=C(NO)c1cccc(Nc2nc(Nc3ccc(OCCN4CCCC4)cc3)ncc2Cl)c1. The van der Waals surface area contributed by atoms with Crippen LogP contribution in [0.15, 0.2) is 54.7 Å². The molecule has 9 nitrogen and oxygen atoms in total. The molecule has 0 spiro atoms. The molecule has 2 aromatic carbocycles. The number of hydrogen-bond donors (Lipinski definition) is 4. The summed E-state index contributed by atoms with van der Waals surface area (Å²) in [6, 6.07) is 14.2. The molecule has 1 amide bonds. The molecule has 1 aromatic heterocycles. The van der Waals surface area contributed by atoms with Crippen LogP contribution in [0.4, 0.5) is 23.1 Å². The monoisotopic (exact) mass is 468 g/mol. The van der Waals surface area contributed by atoms with E-state index in [0.717, 1.165) is 31.1 Å². The van der Waals surface area contributed by atoms with Crippen molar-refractivity contribution in [3.63, 3.8) is 0 Å². The van der Waals surface area contributed by atoms with E-state index in [4.69, 9.17) is 21.5 Å². The van der Waals surface area contributed by atoms with Gasteiger partial charge in [-0.3, -0.25) is 14.9 Å². The van der Waals surface area contributed by atoms with Gasteiger partial charge in [0.05, 0.1) is 6.20 Å². The van der Waals surface area contributed by atoms with Crippen molar-refractivity contribution in [2.75, 3.05) is 36.9 Å². The van der Waals surface area contributed by atoms with Crippen molar-refractivity contribution >= 4 is 40.6 Å². The summed E-state index contributed by atoms with van der Waals surface area (Å²) in [4.78, 5) is 22.7. The minimum Gasteiger partial charge on any atom is -0.492 e. The van der Waals surface area contributed by atoms with Gasteiger partial charge < -0.3 is 15.4 Å². The summed E-state index contributed by atoms with van der Waals surface area (Å²) in [5.41, 5.74) is 3.28. The maximum absolute atomic E-state index is 11.6. The van der Waals surface area contributed by atoms with E-state index in [2.05, 4.69) is 25.5 Å². The Labute approximate surface area is 196 Å². The number of hydroxylamine groups is 1. The maximum atomic E-state index is 11.6. The van der Waals surface area contributed by atoms with E-state index in [0.29, 0.717) is 29.1 Å². The van der Waals surface area contributed by atoms with Gasteiger partial charge in [-0.25, -0.2) is 10.5 Å². The molecule has 0 aliphatic carbocycles. The Balaban J connectivity index is 1.37. The molecule has 4 N–H and O–H groups in total. The molecule has 0 atom stereocenters. The van der Waals surface area contributed by atoms with Gasteiger partial charge in [0.1, 0.15) is 17.4 Å². The Bertz CT molecular complexity index is 1090. The third kappa shape index (κ3) is 6.32. The lowest BCUT2D eigenvalue weighted by Gasteiger charge is -2.15. The molecule has 1 fully saturated rings. The summed E-state index contributed by atoms with van der Waals surface area (Å²) in [5, 5.41) is 15.3. The van der Waals surface area contributed by atoms with Crippen molar-refractivity contribution in [3.05, 3.63) is 65.3 Å². The second-order valence-electron chi connectivity index (χ2n) is 7.58. The number of benzene rings is 2. The highest BCUT2D eigenvalue weighted by molar-refractivity contribution is 6.32. The van der Waals surface area contributed by atoms with Crippen LogP contribution in [-0.4, -0.2) is 52.2 Å². The number of carbonyl (C=O) groups is 1. The quantitative estimate of drug-likeness (QED) is 0.273. The number of ether oxygens (including phenoxy) is 1. The Morgan fingerprint density at radius 1 is 1.09 bits per heavy atom. The minimum absolute atomic E-state index is 0.286. The summed E-state index contributed by atoms with van der Waals surface area (Å²) in [5.74, 6) is 0.927. The number of nitrogens with one attached hydrogen (secondary N) is 3. The van der Waals surface area contributed by atoms with Crippen LogP contribution in [0.5, 0.6) is 5.75 Å². The first-order chi connectivity index (χ1) is 16.1. The zero-order chi connectivity index (χ0) is 23.0. The molecule has 1 saturated heterocycles. The average molecular weight is 469 g/mol. The zero-order valence-electron chi connectivity index (χ0n) is 17.9. The predicted molar refractivity (Wildman–Crippen MR) is 127 cm³/mol. The maximum Gasteiger partial charge on any atom is 0.274 e. The fourth-order valence-electron chi connectivity index (χ4n) is 3.52. The molecule has 1 aliphatic rings. The summed E-state index contributed by atoms with van der Waals surface area (Å²) >= 11 is 6.24. The van der Waals surface area contributed by atoms with E-state index >= 15 is 0 Å². The third-order valence-electron chi connectivity index (χ3n) is 5.22. The van der Waals surface area contributed by atoms with Gasteiger partial charge in [0, 0.05) is 23.5 Å². The van der Waals surface area contributed by atoms with Crippen LogP contribution in [0.2, 0.25) is 5.02 Å². The van der Waals surface area contributed by atoms with Crippen molar-refractivity contribution in [2.45, 2.75) is 12.8 Å². The minimum atomic E-state index is -0.613. The van der Waals surface area contributed by atoms with E-state index in [-0.39, 0.29) is 5.56 Å². The molecule has 0 unspecified atom stereocenters. The fourth-order valence-corrected chi connectivity index (χ4v) is 3.66. The lowest BCUT2D eigenvalue weighted by atomic mass is 10.2. The van der Waals surface area contributed by atoms with Gasteiger partial charge in [0.15, 0.2) is 5.82 Å². The van der Waals surface area contributed by atoms with Crippen molar-refractivity contribution in [1.82, 2.24) is 20.3 Å². The molecule has 0 radical (unpaired) electrons. The highest BCUT2D eigenvalue weighted by Gasteiger charge is 2.11. The van der Waals surface area contributed by atoms with Crippen molar-refractivity contribution in [3.8, 4) is 5.75 Å². The first kappa shape index (κ1) is 22.8. The van der Waals surface area contributed by atoms with Gasteiger partial charge in [-0.2, -0.15) is 4.98 Å². The Kier molecular flexibility index (Phi) is 7.56. The van der Waals surface area contributed by atoms with Crippen molar-refractivity contribution in [1.29, 1.82) is 0 Å². The molecule has 3 aromatic rings. The fraction of sp³-hybridized carbons (Fsp3) is 0.261. The zero-order valence-corrected chi connectivity index (χ0v) is 18.7. The number of carbonyl (C=O) groups excluding carboxylic acids is 1. The first-order valence-electron chi connectivity index (χ1n) is 10.7. The molecule has 33 heavy (non-hydrogen) atoms. The molecule has 1 aliphatic heterocycles. The summed E-state index contributed by atoms with van der Waals surface area (Å²) in [6.45, 7) is 3.94. The number of hydrogen-bond acceptors (Lipinski definition) is 8. The second kappa shape index (κ2) is 11.0. The molecule has 2 heterocycles. The van der Waals surface area contributed by atoms with Gasteiger partial charge >= 0.3 is 0 Å². The number of nitrogens with zero attached hydrogens (tertiary/aromatic N) is 3. The second-order valence-corrected chi connectivity index (χ2v) is 7.99. The van der Waals surface area contributed by atoms with Crippen LogP contribution in [0, 0.1) is 0 Å². The molecular weight excluding hydrogens is 444 g/mol. The van der Waals surface area contributed by atoms with Crippen LogP contribution in [0.25, 0.3) is 0 Å². The number of amides is 1. The van der Waals surface area contributed by atoms with Gasteiger partial charge in [0.2, 0.25) is 5.95 Å². The number of likely N-dealkylation sites (tertiary alicyclic amines) is 1. The molecule has 10 heteroatoms. The van der Waals surface area contributed by atoms with Crippen LogP contribution in [-0.2, 0) is 0 Å². The van der Waals surface area contributed by atoms with Crippen LogP contribution < -0.4 is 20.9 Å². The van der Waals surface area contributed by atoms with E-state index in [1.165, 1.54) is 19.0 Å². The Morgan fingerprint density at radius 2 is 1.88 bits per heavy atom. The van der Waals surface area contributed by atoms with Crippen LogP contribution >= 0.6 is 11.6 Å². The van der Waals surface area contributed by atoms with Crippen molar-refractivity contribution < 1.29 is 14.7 Å². The first-order valence-corrected chi connectivity index (χ1v) is 11.0. The van der Waals surface area contributed by atoms with Gasteiger partial charge in [-0.1, -0.05) is 17.7 Å². The predicted octanol–water partition coefficient (Wildman–Crippen LogP) is 4.21. The largest absolute Gasteiger partial charge is 0.492 e. The standard InChI is InChI=1S/C23H25ClN6O3/c24-20-15-25-23(28-21(20)26-18-5-3-4-16(14-18)22(31)29-32)27-17-6-8-19(9-7-17)33-13-12-30-10-1-2-11-30/h3-9,14-15,32H,1-2,10-13H2,(H,29,31)(H2,25,26,27,28).